The maximum absolute atomic E-state index is 12.9. The number of thioether (sulfide) groups is 1. The van der Waals surface area contributed by atoms with Crippen molar-refractivity contribution in [2.75, 3.05) is 12.4 Å². The molecule has 7 nitrogen and oxygen atoms in total. The van der Waals surface area contributed by atoms with Crippen molar-refractivity contribution in [3.63, 3.8) is 0 Å². The van der Waals surface area contributed by atoms with Crippen LogP contribution >= 0.6 is 11.8 Å². The molecule has 0 saturated carbocycles. The zero-order valence-electron chi connectivity index (χ0n) is 21.9. The number of amides is 2. The standard InChI is InChI=1S/C30H30N4O3S/c1-18-5-8-22(9-6-18)26-16-25(21-10-13-24(37-4)14-11-21)33-34(26)30-32-29(36)27(38-30)17-28(35)31-23-12-7-19(2)20(3)15-23/h5-15,26-27H,16-17H2,1-4H3,(H,31,35)/t26-,27+/m0/s1. The fourth-order valence-electron chi connectivity index (χ4n) is 4.50. The van der Waals surface area contributed by atoms with Crippen LogP contribution in [-0.2, 0) is 9.59 Å². The van der Waals surface area contributed by atoms with Gasteiger partial charge in [-0.3, -0.25) is 9.59 Å². The summed E-state index contributed by atoms with van der Waals surface area (Å²) in [7, 11) is 1.64. The van der Waals surface area contributed by atoms with Crippen LogP contribution in [0, 0.1) is 20.8 Å². The van der Waals surface area contributed by atoms with Gasteiger partial charge in [-0.1, -0.05) is 47.7 Å². The van der Waals surface area contributed by atoms with Gasteiger partial charge in [-0.25, -0.2) is 5.01 Å². The molecule has 0 aliphatic carbocycles. The van der Waals surface area contributed by atoms with Crippen LogP contribution in [0.4, 0.5) is 5.69 Å². The highest BCUT2D eigenvalue weighted by Crippen LogP contribution is 2.39. The number of hydrazone groups is 1. The molecule has 0 spiro atoms. The van der Waals surface area contributed by atoms with E-state index in [1.54, 1.807) is 7.11 Å². The molecule has 8 heteroatoms. The first-order valence-corrected chi connectivity index (χ1v) is 13.4. The first kappa shape index (κ1) is 25.7. The van der Waals surface area contributed by atoms with E-state index in [-0.39, 0.29) is 24.3 Å². The second-order valence-electron chi connectivity index (χ2n) is 9.64. The number of carbonyl (C=O) groups is 2. The van der Waals surface area contributed by atoms with Crippen LogP contribution in [0.5, 0.6) is 5.75 Å². The van der Waals surface area contributed by atoms with Crippen LogP contribution in [0.3, 0.4) is 0 Å². The number of carbonyl (C=O) groups excluding carboxylic acids is 2. The maximum Gasteiger partial charge on any atom is 0.262 e. The Hall–Kier alpha value is -3.91. The molecule has 2 atom stereocenters. The number of benzene rings is 3. The van der Waals surface area contributed by atoms with E-state index in [4.69, 9.17) is 9.84 Å². The number of nitrogens with one attached hydrogen (secondary N) is 1. The van der Waals surface area contributed by atoms with Crippen LogP contribution in [0.1, 0.15) is 46.7 Å². The summed E-state index contributed by atoms with van der Waals surface area (Å²) in [5.74, 6) is 0.257. The van der Waals surface area contributed by atoms with Crippen molar-refractivity contribution in [3.8, 4) is 5.75 Å². The minimum atomic E-state index is -0.588. The van der Waals surface area contributed by atoms with Crippen molar-refractivity contribution in [1.29, 1.82) is 0 Å². The Labute approximate surface area is 227 Å². The first-order chi connectivity index (χ1) is 18.3. The minimum absolute atomic E-state index is 0.0432. The van der Waals surface area contributed by atoms with Gasteiger partial charge in [0.05, 0.1) is 18.9 Å². The Balaban J connectivity index is 1.34. The third-order valence-corrected chi connectivity index (χ3v) is 8.02. The van der Waals surface area contributed by atoms with Crippen molar-refractivity contribution >= 4 is 40.1 Å². The van der Waals surface area contributed by atoms with Gasteiger partial charge in [0.25, 0.3) is 5.91 Å². The number of anilines is 1. The number of nitrogens with zero attached hydrogens (tertiary/aromatic N) is 3. The Morgan fingerprint density at radius 3 is 2.45 bits per heavy atom. The third-order valence-electron chi connectivity index (χ3n) is 6.88. The number of amidine groups is 1. The molecular formula is C30H30N4O3S. The van der Waals surface area contributed by atoms with Crippen LogP contribution in [0.25, 0.3) is 0 Å². The van der Waals surface area contributed by atoms with Gasteiger partial charge in [-0.2, -0.15) is 10.1 Å². The molecule has 194 valence electrons. The second kappa shape index (κ2) is 10.8. The lowest BCUT2D eigenvalue weighted by atomic mass is 9.98. The molecular weight excluding hydrogens is 496 g/mol. The van der Waals surface area contributed by atoms with Crippen molar-refractivity contribution in [3.05, 3.63) is 94.5 Å². The molecule has 2 amide bonds. The lowest BCUT2D eigenvalue weighted by molar-refractivity contribution is -0.121. The Bertz CT molecular complexity index is 1430. The molecule has 0 aromatic heterocycles. The summed E-state index contributed by atoms with van der Waals surface area (Å²) in [6.07, 6.45) is 0.711. The van der Waals surface area contributed by atoms with Gasteiger partial charge < -0.3 is 10.1 Å². The summed E-state index contributed by atoms with van der Waals surface area (Å²) in [6.45, 7) is 6.08. The van der Waals surface area contributed by atoms with Crippen LogP contribution < -0.4 is 10.1 Å². The molecule has 0 unspecified atom stereocenters. The average molecular weight is 527 g/mol. The van der Waals surface area contributed by atoms with Crippen molar-refractivity contribution < 1.29 is 14.3 Å². The Morgan fingerprint density at radius 2 is 1.76 bits per heavy atom. The summed E-state index contributed by atoms with van der Waals surface area (Å²) < 4.78 is 5.30. The molecule has 0 bridgehead atoms. The number of aryl methyl sites for hydroxylation is 3. The van der Waals surface area contributed by atoms with Crippen LogP contribution in [0.2, 0.25) is 0 Å². The maximum atomic E-state index is 12.9. The van der Waals surface area contributed by atoms with E-state index in [0.29, 0.717) is 11.6 Å². The quantitative estimate of drug-likeness (QED) is 0.439. The number of hydrogen-bond donors (Lipinski definition) is 1. The lowest BCUT2D eigenvalue weighted by Crippen LogP contribution is -2.25. The van der Waals surface area contributed by atoms with Gasteiger partial charge in [-0.05, 0) is 79.4 Å². The first-order valence-electron chi connectivity index (χ1n) is 12.5. The van der Waals surface area contributed by atoms with E-state index in [9.17, 15) is 9.59 Å². The second-order valence-corrected chi connectivity index (χ2v) is 10.8. The highest BCUT2D eigenvalue weighted by atomic mass is 32.2. The topological polar surface area (TPSA) is 83.4 Å². The van der Waals surface area contributed by atoms with Gasteiger partial charge in [0.2, 0.25) is 5.91 Å². The van der Waals surface area contributed by atoms with E-state index >= 15 is 0 Å². The zero-order chi connectivity index (χ0) is 26.8. The van der Waals surface area contributed by atoms with Crippen LogP contribution in [-0.4, -0.2) is 40.1 Å². The highest BCUT2D eigenvalue weighted by molar-refractivity contribution is 8.15. The Morgan fingerprint density at radius 1 is 1.03 bits per heavy atom. The number of aliphatic imine (C=N–C) groups is 1. The zero-order valence-corrected chi connectivity index (χ0v) is 22.7. The van der Waals surface area contributed by atoms with Crippen molar-refractivity contribution in [2.45, 2.75) is 44.9 Å². The normalized spacial score (nSPS) is 18.8. The SMILES string of the molecule is COc1ccc(C2=NN(C3=NC(=O)[C@@H](CC(=O)Nc4ccc(C)c(C)c4)S3)[C@H](c3ccc(C)cc3)C2)cc1. The van der Waals surface area contributed by atoms with Gasteiger partial charge in [-0.15, -0.1) is 0 Å². The molecule has 1 N–H and O–H groups in total. The van der Waals surface area contributed by atoms with Gasteiger partial charge >= 0.3 is 0 Å². The van der Waals surface area contributed by atoms with E-state index in [1.165, 1.54) is 17.3 Å². The Kier molecular flexibility index (Phi) is 7.33. The monoisotopic (exact) mass is 526 g/mol. The molecule has 0 radical (unpaired) electrons. The van der Waals surface area contributed by atoms with Crippen molar-refractivity contribution in [2.24, 2.45) is 10.1 Å². The van der Waals surface area contributed by atoms with E-state index < -0.39 is 5.25 Å². The predicted octanol–water partition coefficient (Wildman–Crippen LogP) is 5.80. The van der Waals surface area contributed by atoms with Crippen LogP contribution in [0.15, 0.2) is 76.8 Å². The predicted molar refractivity (Wildman–Crippen MR) is 153 cm³/mol. The summed E-state index contributed by atoms with van der Waals surface area (Å²) in [4.78, 5) is 30.0. The molecule has 2 heterocycles. The number of rotatable bonds is 6. The molecule has 38 heavy (non-hydrogen) atoms. The minimum Gasteiger partial charge on any atom is -0.497 e. The number of ether oxygens (including phenoxy) is 1. The highest BCUT2D eigenvalue weighted by Gasteiger charge is 2.39. The summed E-state index contributed by atoms with van der Waals surface area (Å²) in [6, 6.07) is 21.8. The molecule has 2 aliphatic heterocycles. The average Bonchev–Trinajstić information content (AvgIpc) is 3.51. The van der Waals surface area contributed by atoms with Gasteiger partial charge in [0.1, 0.15) is 11.0 Å². The fourth-order valence-corrected chi connectivity index (χ4v) is 5.56. The number of methoxy groups -OCH3 is 1. The molecule has 0 fully saturated rings. The van der Waals surface area contributed by atoms with E-state index in [2.05, 4.69) is 41.5 Å². The molecule has 0 saturated heterocycles. The third kappa shape index (κ3) is 5.50. The largest absolute Gasteiger partial charge is 0.497 e. The van der Waals surface area contributed by atoms with Gasteiger partial charge in [0.15, 0.2) is 5.17 Å². The molecule has 3 aromatic rings. The van der Waals surface area contributed by atoms with E-state index in [1.807, 2.05) is 61.3 Å². The molecule has 3 aromatic carbocycles. The van der Waals surface area contributed by atoms with E-state index in [0.717, 1.165) is 39.4 Å². The summed E-state index contributed by atoms with van der Waals surface area (Å²) in [5.41, 5.74) is 7.14. The molecule has 5 rings (SSSR count). The lowest BCUT2D eigenvalue weighted by Gasteiger charge is -2.23. The summed E-state index contributed by atoms with van der Waals surface area (Å²) >= 11 is 1.30. The smallest absolute Gasteiger partial charge is 0.262 e. The number of hydrogen-bond acceptors (Lipinski definition) is 6. The molecule has 2 aliphatic rings. The van der Waals surface area contributed by atoms with Gasteiger partial charge in [0, 0.05) is 18.5 Å². The van der Waals surface area contributed by atoms with Crippen molar-refractivity contribution in [1.82, 2.24) is 5.01 Å². The fraction of sp³-hybridized carbons (Fsp3) is 0.267. The summed E-state index contributed by atoms with van der Waals surface area (Å²) in [5, 5.41) is 9.60.